The van der Waals surface area contributed by atoms with Crippen molar-refractivity contribution in [3.8, 4) is 22.8 Å². The first kappa shape index (κ1) is 31.1. The van der Waals surface area contributed by atoms with E-state index in [4.69, 9.17) is 0 Å². The molecule has 2 atom stereocenters. The van der Waals surface area contributed by atoms with Gasteiger partial charge >= 0.3 is 12.4 Å². The standard InChI is InChI=1S/C32H33F3N6O2S/c1-20(2)27-7-5-6-8-28(27)40-17-18-44-31(40)38-30(42)37-22(4)21(3)23-9-11-24(12-10-23)29-36-19-41(39-29)25-13-15-26(16-14-25)43-32(33,34)35/h5-16,19-22H,17-18H2,1-4H3,(H,37,42). The third-order valence-electron chi connectivity index (χ3n) is 7.45. The summed E-state index contributed by atoms with van der Waals surface area (Å²) in [4.78, 5) is 23.9. The number of ether oxygens (including phenoxy) is 1. The van der Waals surface area contributed by atoms with E-state index in [1.54, 1.807) is 11.8 Å². The van der Waals surface area contributed by atoms with Crippen molar-refractivity contribution in [2.24, 2.45) is 4.99 Å². The fraction of sp³-hybridized carbons (Fsp3) is 0.312. The fourth-order valence-electron chi connectivity index (χ4n) is 4.92. The number of hydrogen-bond donors (Lipinski definition) is 1. The molecule has 2 unspecified atom stereocenters. The van der Waals surface area contributed by atoms with Gasteiger partial charge in [0.2, 0.25) is 0 Å². The lowest BCUT2D eigenvalue weighted by molar-refractivity contribution is -0.274. The number of thioether (sulfide) groups is 1. The number of benzene rings is 3. The highest BCUT2D eigenvalue weighted by atomic mass is 32.2. The number of nitrogens with one attached hydrogen (secondary N) is 1. The van der Waals surface area contributed by atoms with Crippen LogP contribution < -0.4 is 15.0 Å². The molecule has 2 heterocycles. The molecule has 0 saturated carbocycles. The Morgan fingerprint density at radius 2 is 1.70 bits per heavy atom. The largest absolute Gasteiger partial charge is 0.573 e. The Kier molecular flexibility index (Phi) is 9.28. The zero-order chi connectivity index (χ0) is 31.4. The van der Waals surface area contributed by atoms with E-state index in [2.05, 4.69) is 56.0 Å². The first-order valence-corrected chi connectivity index (χ1v) is 15.2. The lowest BCUT2D eigenvalue weighted by atomic mass is 9.93. The molecule has 12 heteroatoms. The number of aliphatic imine (C=N–C) groups is 1. The lowest BCUT2D eigenvalue weighted by Crippen LogP contribution is -2.36. The average Bonchev–Trinajstić information content (AvgIpc) is 3.67. The molecule has 1 aromatic heterocycles. The number of alkyl halides is 3. The topological polar surface area (TPSA) is 84.6 Å². The van der Waals surface area contributed by atoms with Crippen molar-refractivity contribution >= 4 is 28.6 Å². The molecule has 5 rings (SSSR count). The highest BCUT2D eigenvalue weighted by Crippen LogP contribution is 2.33. The summed E-state index contributed by atoms with van der Waals surface area (Å²) in [5.41, 5.74) is 4.66. The van der Waals surface area contributed by atoms with E-state index >= 15 is 0 Å². The Morgan fingerprint density at radius 1 is 1.00 bits per heavy atom. The number of rotatable bonds is 8. The molecule has 44 heavy (non-hydrogen) atoms. The minimum absolute atomic E-state index is 0.00477. The Morgan fingerprint density at radius 3 is 2.39 bits per heavy atom. The fourth-order valence-corrected chi connectivity index (χ4v) is 5.87. The second-order valence-electron chi connectivity index (χ2n) is 10.8. The summed E-state index contributed by atoms with van der Waals surface area (Å²) in [5, 5.41) is 8.20. The molecule has 1 saturated heterocycles. The molecular formula is C32H33F3N6O2S. The van der Waals surface area contributed by atoms with E-state index in [1.807, 2.05) is 50.2 Å². The minimum atomic E-state index is -4.75. The quantitative estimate of drug-likeness (QED) is 0.216. The van der Waals surface area contributed by atoms with Gasteiger partial charge in [-0.15, -0.1) is 18.3 Å². The van der Waals surface area contributed by atoms with Gasteiger partial charge in [0.15, 0.2) is 11.0 Å². The molecule has 2 amide bonds. The Labute approximate surface area is 258 Å². The van der Waals surface area contributed by atoms with Crippen LogP contribution in [0.15, 0.2) is 84.1 Å². The Hall–Kier alpha value is -4.32. The number of amidine groups is 1. The smallest absolute Gasteiger partial charge is 0.406 e. The Balaban J connectivity index is 1.21. The number of nitrogens with zero attached hydrogens (tertiary/aromatic N) is 5. The number of para-hydroxylation sites is 1. The molecular weight excluding hydrogens is 589 g/mol. The van der Waals surface area contributed by atoms with E-state index in [-0.39, 0.29) is 23.7 Å². The van der Waals surface area contributed by atoms with Crippen molar-refractivity contribution in [2.45, 2.75) is 51.9 Å². The minimum Gasteiger partial charge on any atom is -0.406 e. The molecule has 0 radical (unpaired) electrons. The molecule has 0 bridgehead atoms. The van der Waals surface area contributed by atoms with Crippen LogP contribution in [-0.2, 0) is 0 Å². The van der Waals surface area contributed by atoms with Gasteiger partial charge in [0, 0.05) is 35.5 Å². The molecule has 230 valence electrons. The third kappa shape index (κ3) is 7.42. The van der Waals surface area contributed by atoms with Crippen LogP contribution in [0.2, 0.25) is 0 Å². The molecule has 1 fully saturated rings. The Bertz CT molecular complexity index is 1620. The van der Waals surface area contributed by atoms with Gasteiger partial charge < -0.3 is 15.0 Å². The monoisotopic (exact) mass is 622 g/mol. The van der Waals surface area contributed by atoms with Crippen LogP contribution in [0.5, 0.6) is 5.75 Å². The number of urea groups is 1. The second-order valence-corrected chi connectivity index (χ2v) is 11.9. The number of hydrogen-bond acceptors (Lipinski definition) is 5. The van der Waals surface area contributed by atoms with Crippen LogP contribution in [0.25, 0.3) is 17.1 Å². The zero-order valence-electron chi connectivity index (χ0n) is 24.7. The summed E-state index contributed by atoms with van der Waals surface area (Å²) in [6.07, 6.45) is -3.25. The van der Waals surface area contributed by atoms with Gasteiger partial charge in [-0.2, -0.15) is 4.99 Å². The maximum absolute atomic E-state index is 13.0. The molecule has 1 aliphatic heterocycles. The van der Waals surface area contributed by atoms with E-state index < -0.39 is 6.36 Å². The van der Waals surface area contributed by atoms with Crippen molar-refractivity contribution < 1.29 is 22.7 Å². The number of carbonyl (C=O) groups is 1. The summed E-state index contributed by atoms with van der Waals surface area (Å²) in [6, 6.07) is 20.8. The van der Waals surface area contributed by atoms with Crippen LogP contribution in [0.1, 0.15) is 50.7 Å². The SMILES string of the molecule is CC(C)c1ccccc1N1CCSC1=NC(=O)NC(C)C(C)c1ccc(-c2ncn(-c3ccc(OC(F)(F)F)cc3)n2)cc1. The number of anilines is 1. The van der Waals surface area contributed by atoms with E-state index in [0.717, 1.165) is 29.1 Å². The molecule has 4 aromatic rings. The van der Waals surface area contributed by atoms with Crippen molar-refractivity contribution in [3.05, 3.63) is 90.3 Å². The lowest BCUT2D eigenvalue weighted by Gasteiger charge is -2.24. The van der Waals surface area contributed by atoms with E-state index in [1.165, 1.54) is 40.8 Å². The van der Waals surface area contributed by atoms with Crippen molar-refractivity contribution in [2.75, 3.05) is 17.2 Å². The third-order valence-corrected chi connectivity index (χ3v) is 8.40. The first-order chi connectivity index (χ1) is 21.0. The first-order valence-electron chi connectivity index (χ1n) is 14.2. The predicted octanol–water partition coefficient (Wildman–Crippen LogP) is 7.77. The summed E-state index contributed by atoms with van der Waals surface area (Å²) in [6.45, 7) is 9.12. The van der Waals surface area contributed by atoms with Crippen LogP contribution in [0, 0.1) is 0 Å². The number of carbonyl (C=O) groups excluding carboxylic acids is 1. The van der Waals surface area contributed by atoms with Crippen molar-refractivity contribution in [1.82, 2.24) is 20.1 Å². The zero-order valence-corrected chi connectivity index (χ0v) is 25.6. The van der Waals surface area contributed by atoms with Crippen molar-refractivity contribution in [1.29, 1.82) is 0 Å². The predicted molar refractivity (Wildman–Crippen MR) is 168 cm³/mol. The number of amides is 2. The van der Waals surface area contributed by atoms with E-state index in [0.29, 0.717) is 22.6 Å². The van der Waals surface area contributed by atoms with Gasteiger partial charge in [0.05, 0.1) is 5.69 Å². The van der Waals surface area contributed by atoms with Gasteiger partial charge in [0.25, 0.3) is 0 Å². The van der Waals surface area contributed by atoms with E-state index in [9.17, 15) is 18.0 Å². The maximum Gasteiger partial charge on any atom is 0.573 e. The highest BCUT2D eigenvalue weighted by Gasteiger charge is 2.31. The molecule has 3 aromatic carbocycles. The summed E-state index contributed by atoms with van der Waals surface area (Å²) in [5.74, 6) is 1.39. The van der Waals surface area contributed by atoms with Crippen molar-refractivity contribution in [3.63, 3.8) is 0 Å². The number of halogens is 3. The number of aromatic nitrogens is 3. The van der Waals surface area contributed by atoms with Gasteiger partial charge in [-0.3, -0.25) is 0 Å². The normalized spacial score (nSPS) is 15.9. The molecule has 1 N–H and O–H groups in total. The van der Waals surface area contributed by atoms with Gasteiger partial charge in [-0.05, 0) is 54.3 Å². The van der Waals surface area contributed by atoms with Crippen LogP contribution in [0.3, 0.4) is 0 Å². The summed E-state index contributed by atoms with van der Waals surface area (Å²) < 4.78 is 42.7. The summed E-state index contributed by atoms with van der Waals surface area (Å²) >= 11 is 1.58. The molecule has 0 spiro atoms. The van der Waals surface area contributed by atoms with Crippen LogP contribution in [-0.4, -0.2) is 50.7 Å². The van der Waals surface area contributed by atoms with Gasteiger partial charge in [-0.25, -0.2) is 14.5 Å². The molecule has 1 aliphatic rings. The van der Waals surface area contributed by atoms with Crippen LogP contribution in [0.4, 0.5) is 23.7 Å². The van der Waals surface area contributed by atoms with Gasteiger partial charge in [0.1, 0.15) is 12.1 Å². The highest BCUT2D eigenvalue weighted by molar-refractivity contribution is 8.14. The molecule has 8 nitrogen and oxygen atoms in total. The molecule has 0 aliphatic carbocycles. The maximum atomic E-state index is 13.0. The summed E-state index contributed by atoms with van der Waals surface area (Å²) in [7, 11) is 0. The van der Waals surface area contributed by atoms with Gasteiger partial charge in [-0.1, -0.05) is 75.0 Å². The van der Waals surface area contributed by atoms with Crippen LogP contribution >= 0.6 is 11.8 Å². The average molecular weight is 623 g/mol. The second kappa shape index (κ2) is 13.1.